The van der Waals surface area contributed by atoms with Gasteiger partial charge in [0.05, 0.1) is 29.7 Å². The second-order valence-corrected chi connectivity index (χ2v) is 12.8. The van der Waals surface area contributed by atoms with Gasteiger partial charge in [0, 0.05) is 83.1 Å². The number of pyridine rings is 5. The molecule has 9 heterocycles. The van der Waals surface area contributed by atoms with Crippen molar-refractivity contribution in [3.63, 3.8) is 0 Å². The Morgan fingerprint density at radius 3 is 1.33 bits per heavy atom. The van der Waals surface area contributed by atoms with Crippen molar-refractivity contribution in [2.75, 3.05) is 0 Å². The third-order valence-corrected chi connectivity index (χ3v) is 9.14. The van der Waals surface area contributed by atoms with Gasteiger partial charge >= 0.3 is 0 Å². The number of nitriles is 1. The summed E-state index contributed by atoms with van der Waals surface area (Å²) in [6.45, 7) is 0. The van der Waals surface area contributed by atoms with E-state index in [1.807, 2.05) is 54.6 Å². The van der Waals surface area contributed by atoms with Crippen LogP contribution < -0.4 is 0 Å². The molecule has 9 aromatic heterocycles. The molecule has 2 N–H and O–H groups in total. The highest BCUT2D eigenvalue weighted by Crippen LogP contribution is 2.35. The minimum atomic E-state index is -0.473. The summed E-state index contributed by atoms with van der Waals surface area (Å²) >= 11 is 0. The number of hydrogen-bond acceptors (Lipinski definition) is 10. The first-order valence-electron chi connectivity index (χ1n) is 17.8. The molecule has 12 nitrogen and oxygen atoms in total. The lowest BCUT2D eigenvalue weighted by atomic mass is 10.1. The molecule has 276 valence electrons. The monoisotopic (exact) mass is 760 g/mol. The molecule has 0 aliphatic carbocycles. The second-order valence-electron chi connectivity index (χ2n) is 12.8. The summed E-state index contributed by atoms with van der Waals surface area (Å²) in [5.74, 6) is -0.927. The van der Waals surface area contributed by atoms with Gasteiger partial charge in [0.15, 0.2) is 22.9 Å². The Bertz CT molecular complexity index is 3090. The Hall–Kier alpha value is -8.44. The highest BCUT2D eigenvalue weighted by molar-refractivity contribution is 5.89. The quantitative estimate of drug-likeness (QED) is 0.167. The molecule has 10 rings (SSSR count). The van der Waals surface area contributed by atoms with E-state index in [-0.39, 0.29) is 0 Å². The largest absolute Gasteiger partial charge is 0.338 e. The first kappa shape index (κ1) is 35.3. The molecule has 0 radical (unpaired) electrons. The number of aromatic amines is 2. The summed E-state index contributed by atoms with van der Waals surface area (Å²) in [5, 5.41) is 9.00. The van der Waals surface area contributed by atoms with Crippen molar-refractivity contribution >= 4 is 22.3 Å². The number of halogens is 2. The van der Waals surface area contributed by atoms with Crippen LogP contribution in [0.25, 0.3) is 89.9 Å². The number of hydrogen-bond donors (Lipinski definition) is 2. The third kappa shape index (κ3) is 6.98. The zero-order valence-corrected chi connectivity index (χ0v) is 30.1. The van der Waals surface area contributed by atoms with Gasteiger partial charge in [-0.3, -0.25) is 24.9 Å². The average molecular weight is 761 g/mol. The summed E-state index contributed by atoms with van der Waals surface area (Å²) in [4.78, 5) is 45.6. The van der Waals surface area contributed by atoms with Crippen LogP contribution in [0.3, 0.4) is 0 Å². The molecule has 0 fully saturated rings. The standard InChI is InChI=1S/C23H13FN6.C21H13FN6/c24-18-13-27-9-7-17(18)22-21(16-2-1-8-26-12-16)30-23-20(28-22)10-19(29-23)15-5-3-14(11-25)4-6-15;22-16-12-25-8-5-15(16)20-19(14-4-2-7-24-11-14)28-21-18(26-20)9-17(27-21)13-3-1-6-23-10-13/h1-10,12-13H,(H,29,30);1-12H,(H,27,28). The number of rotatable bonds is 6. The molecule has 14 heteroatoms. The minimum Gasteiger partial charge on any atom is -0.338 e. The van der Waals surface area contributed by atoms with Crippen molar-refractivity contribution in [2.45, 2.75) is 0 Å². The summed E-state index contributed by atoms with van der Waals surface area (Å²) in [7, 11) is 0. The van der Waals surface area contributed by atoms with E-state index in [1.54, 1.807) is 67.5 Å². The zero-order valence-electron chi connectivity index (χ0n) is 30.1. The number of benzene rings is 1. The average Bonchev–Trinajstić information content (AvgIpc) is 3.91. The van der Waals surface area contributed by atoms with Crippen LogP contribution in [0.15, 0.2) is 147 Å². The van der Waals surface area contributed by atoms with Crippen LogP contribution in [0.5, 0.6) is 0 Å². The van der Waals surface area contributed by atoms with Crippen LogP contribution in [0.1, 0.15) is 5.56 Å². The molecule has 0 saturated carbocycles. The van der Waals surface area contributed by atoms with Gasteiger partial charge in [-0.2, -0.15) is 5.26 Å². The van der Waals surface area contributed by atoms with Gasteiger partial charge in [-0.05, 0) is 78.4 Å². The Kier molecular flexibility index (Phi) is 9.34. The smallest absolute Gasteiger partial charge is 0.157 e. The molecular formula is C44H26F2N12. The van der Waals surface area contributed by atoms with E-state index in [0.717, 1.165) is 39.8 Å². The predicted molar refractivity (Wildman–Crippen MR) is 214 cm³/mol. The fourth-order valence-corrected chi connectivity index (χ4v) is 6.36. The third-order valence-electron chi connectivity index (χ3n) is 9.14. The Morgan fingerprint density at radius 1 is 0.448 bits per heavy atom. The Labute approximate surface area is 328 Å². The van der Waals surface area contributed by atoms with Gasteiger partial charge in [0.1, 0.15) is 33.8 Å². The van der Waals surface area contributed by atoms with Crippen LogP contribution in [0, 0.1) is 23.0 Å². The van der Waals surface area contributed by atoms with Crippen LogP contribution in [-0.2, 0) is 0 Å². The maximum absolute atomic E-state index is 14.5. The number of fused-ring (bicyclic) bond motifs is 2. The molecule has 0 aliphatic rings. The van der Waals surface area contributed by atoms with E-state index in [9.17, 15) is 8.78 Å². The minimum absolute atomic E-state index is 0.319. The molecule has 0 saturated heterocycles. The van der Waals surface area contributed by atoms with E-state index < -0.39 is 11.6 Å². The topological polar surface area (TPSA) is 171 Å². The number of nitrogens with one attached hydrogen (secondary N) is 2. The van der Waals surface area contributed by atoms with Crippen molar-refractivity contribution in [2.24, 2.45) is 0 Å². The molecule has 0 spiro atoms. The maximum Gasteiger partial charge on any atom is 0.157 e. The molecule has 0 bridgehead atoms. The van der Waals surface area contributed by atoms with Crippen LogP contribution in [0.4, 0.5) is 8.78 Å². The molecule has 0 atom stereocenters. The van der Waals surface area contributed by atoms with Crippen molar-refractivity contribution in [3.05, 3.63) is 164 Å². The summed E-state index contributed by atoms with van der Waals surface area (Å²) in [6.07, 6.45) is 15.6. The van der Waals surface area contributed by atoms with E-state index in [2.05, 4.69) is 41.0 Å². The second kappa shape index (κ2) is 15.4. The van der Waals surface area contributed by atoms with Gasteiger partial charge in [0.2, 0.25) is 0 Å². The maximum atomic E-state index is 14.5. The Morgan fingerprint density at radius 2 is 0.897 bits per heavy atom. The number of aromatic nitrogens is 11. The van der Waals surface area contributed by atoms with Crippen LogP contribution in [0.2, 0.25) is 0 Å². The van der Waals surface area contributed by atoms with Crippen molar-refractivity contribution < 1.29 is 8.78 Å². The number of H-pyrrole nitrogens is 2. The lowest BCUT2D eigenvalue weighted by Crippen LogP contribution is -1.97. The SMILES string of the molecule is Fc1cnccc1-c1nc2cc(-c3cccnc3)[nH]c2nc1-c1cccnc1.N#Cc1ccc(-c2cc3nc(-c4ccncc4F)c(-c4cccnc4)nc3[nH]2)cc1. The molecule has 0 aliphatic heterocycles. The summed E-state index contributed by atoms with van der Waals surface area (Å²) in [5.41, 5.74) is 10.5. The summed E-state index contributed by atoms with van der Waals surface area (Å²) in [6, 6.07) is 27.4. The zero-order chi connectivity index (χ0) is 39.4. The van der Waals surface area contributed by atoms with E-state index in [1.165, 1.54) is 18.6 Å². The van der Waals surface area contributed by atoms with Crippen molar-refractivity contribution in [3.8, 4) is 73.6 Å². The molecule has 58 heavy (non-hydrogen) atoms. The van der Waals surface area contributed by atoms with Gasteiger partial charge < -0.3 is 9.97 Å². The number of nitrogens with zero attached hydrogens (tertiary/aromatic N) is 10. The Balaban J connectivity index is 0.000000151. The fourth-order valence-electron chi connectivity index (χ4n) is 6.36. The predicted octanol–water partition coefficient (Wildman–Crippen LogP) is 9.04. The molecule has 0 unspecified atom stereocenters. The highest BCUT2D eigenvalue weighted by Gasteiger charge is 2.20. The lowest BCUT2D eigenvalue weighted by molar-refractivity contribution is 0.624. The van der Waals surface area contributed by atoms with E-state index in [4.69, 9.17) is 25.2 Å². The van der Waals surface area contributed by atoms with E-state index in [0.29, 0.717) is 61.8 Å². The molecule has 10 aromatic rings. The first-order chi connectivity index (χ1) is 28.5. The fraction of sp³-hybridized carbons (Fsp3) is 0. The van der Waals surface area contributed by atoms with E-state index >= 15 is 0 Å². The lowest BCUT2D eigenvalue weighted by Gasteiger charge is -2.09. The molecule has 1 aromatic carbocycles. The van der Waals surface area contributed by atoms with Crippen LogP contribution >= 0.6 is 0 Å². The van der Waals surface area contributed by atoms with Crippen molar-refractivity contribution in [1.29, 1.82) is 5.26 Å². The van der Waals surface area contributed by atoms with Gasteiger partial charge in [-0.25, -0.2) is 28.7 Å². The van der Waals surface area contributed by atoms with Crippen LogP contribution in [-0.4, -0.2) is 54.8 Å². The summed E-state index contributed by atoms with van der Waals surface area (Å²) < 4.78 is 29.0. The van der Waals surface area contributed by atoms with Gasteiger partial charge in [0.25, 0.3) is 0 Å². The highest BCUT2D eigenvalue weighted by atomic mass is 19.1. The van der Waals surface area contributed by atoms with Gasteiger partial charge in [-0.1, -0.05) is 12.1 Å². The van der Waals surface area contributed by atoms with Crippen molar-refractivity contribution in [1.82, 2.24) is 54.8 Å². The molecule has 0 amide bonds. The van der Waals surface area contributed by atoms with Gasteiger partial charge in [-0.15, -0.1) is 0 Å². The first-order valence-corrected chi connectivity index (χ1v) is 17.8. The normalized spacial score (nSPS) is 10.9. The molecular weight excluding hydrogens is 735 g/mol.